The maximum Gasteiger partial charge on any atom is 0.241 e. The van der Waals surface area contributed by atoms with Crippen LogP contribution >= 0.6 is 35.2 Å². The number of hydrogen-bond acceptors (Lipinski definition) is 4. The summed E-state index contributed by atoms with van der Waals surface area (Å²) in [6.45, 7) is 1.77. The Morgan fingerprint density at radius 3 is 2.38 bits per heavy atom. The van der Waals surface area contributed by atoms with Gasteiger partial charge in [0.05, 0.1) is 15.3 Å². The van der Waals surface area contributed by atoms with E-state index in [-0.39, 0.29) is 15.9 Å². The molecule has 0 radical (unpaired) electrons. The summed E-state index contributed by atoms with van der Waals surface area (Å²) in [5.74, 6) is 0. The first-order chi connectivity index (χ1) is 9.79. The highest BCUT2D eigenvalue weighted by Crippen LogP contribution is 2.27. The first-order valence-electron chi connectivity index (χ1n) is 5.97. The molecule has 8 heteroatoms. The van der Waals surface area contributed by atoms with Crippen LogP contribution < -0.4 is 10.5 Å². The summed E-state index contributed by atoms with van der Waals surface area (Å²) < 4.78 is 27.8. The second-order valence-electron chi connectivity index (χ2n) is 4.37. The molecule has 0 aliphatic heterocycles. The van der Waals surface area contributed by atoms with Crippen molar-refractivity contribution in [3.05, 3.63) is 51.2 Å². The molecule has 1 unspecified atom stereocenters. The molecule has 1 aromatic heterocycles. The molecule has 4 nitrogen and oxygen atoms in total. The first-order valence-corrected chi connectivity index (χ1v) is 9.05. The van der Waals surface area contributed by atoms with Crippen molar-refractivity contribution in [2.45, 2.75) is 17.9 Å². The van der Waals surface area contributed by atoms with Gasteiger partial charge < -0.3 is 5.73 Å². The van der Waals surface area contributed by atoms with Crippen LogP contribution in [0.3, 0.4) is 0 Å². The smallest absolute Gasteiger partial charge is 0.241 e. The number of halogens is 1. The highest BCUT2D eigenvalue weighted by Gasteiger charge is 2.19. The average Bonchev–Trinajstić information content (AvgIpc) is 2.85. The number of nitrogens with two attached hydrogens (primary N) is 1. The molecular weight excluding hydrogens is 348 g/mol. The second kappa shape index (κ2) is 6.41. The fourth-order valence-electron chi connectivity index (χ4n) is 1.72. The monoisotopic (exact) mass is 360 g/mol. The normalized spacial score (nSPS) is 13.0. The van der Waals surface area contributed by atoms with Gasteiger partial charge in [-0.2, -0.15) is 0 Å². The van der Waals surface area contributed by atoms with Crippen molar-refractivity contribution in [3.8, 4) is 0 Å². The van der Waals surface area contributed by atoms with Crippen LogP contribution in [0.1, 0.15) is 23.4 Å². The van der Waals surface area contributed by atoms with Gasteiger partial charge in [0.1, 0.15) is 4.99 Å². The molecule has 2 aromatic rings. The second-order valence-corrected chi connectivity index (χ2v) is 8.27. The Labute approximate surface area is 138 Å². The number of nitrogens with one attached hydrogen (secondary N) is 1. The summed E-state index contributed by atoms with van der Waals surface area (Å²) >= 11 is 12.0. The van der Waals surface area contributed by atoms with E-state index < -0.39 is 10.0 Å². The predicted molar refractivity (Wildman–Crippen MR) is 90.4 cm³/mol. The molecular formula is C13H13ClN2O2S3. The summed E-state index contributed by atoms with van der Waals surface area (Å²) in [4.78, 5) is 1.24. The van der Waals surface area contributed by atoms with Crippen LogP contribution in [0.15, 0.2) is 41.3 Å². The topological polar surface area (TPSA) is 72.2 Å². The van der Waals surface area contributed by atoms with Crippen LogP contribution in [0.4, 0.5) is 0 Å². The van der Waals surface area contributed by atoms with Crippen molar-refractivity contribution < 1.29 is 8.42 Å². The molecule has 0 saturated carbocycles. The molecule has 1 aromatic carbocycles. The number of hydrogen-bond donors (Lipinski definition) is 2. The number of benzene rings is 1. The molecule has 0 amide bonds. The van der Waals surface area contributed by atoms with E-state index in [0.29, 0.717) is 9.90 Å². The van der Waals surface area contributed by atoms with E-state index in [1.165, 1.54) is 23.5 Å². The van der Waals surface area contributed by atoms with E-state index in [4.69, 9.17) is 29.6 Å². The van der Waals surface area contributed by atoms with Gasteiger partial charge >= 0.3 is 0 Å². The molecule has 0 fully saturated rings. The van der Waals surface area contributed by atoms with Gasteiger partial charge in [-0.1, -0.05) is 36.0 Å². The average molecular weight is 361 g/mol. The fraction of sp³-hybridized carbons (Fsp3) is 0.154. The minimum atomic E-state index is -3.61. The fourth-order valence-corrected chi connectivity index (χ4v) is 4.22. The molecule has 2 rings (SSSR count). The number of sulfonamides is 1. The summed E-state index contributed by atoms with van der Waals surface area (Å²) in [7, 11) is -3.61. The van der Waals surface area contributed by atoms with Crippen molar-refractivity contribution in [2.75, 3.05) is 0 Å². The van der Waals surface area contributed by atoms with E-state index >= 15 is 0 Å². The van der Waals surface area contributed by atoms with Gasteiger partial charge in [0.25, 0.3) is 0 Å². The summed E-state index contributed by atoms with van der Waals surface area (Å²) in [5.41, 5.74) is 6.11. The van der Waals surface area contributed by atoms with E-state index in [2.05, 4.69) is 4.72 Å². The summed E-state index contributed by atoms with van der Waals surface area (Å²) in [6, 6.07) is 9.31. The van der Waals surface area contributed by atoms with E-state index in [9.17, 15) is 8.42 Å². The Bertz CT molecular complexity index is 754. The Morgan fingerprint density at radius 2 is 1.90 bits per heavy atom. The van der Waals surface area contributed by atoms with Crippen LogP contribution in [0.2, 0.25) is 4.34 Å². The molecule has 0 bridgehead atoms. The van der Waals surface area contributed by atoms with Crippen molar-refractivity contribution in [1.82, 2.24) is 4.72 Å². The molecule has 112 valence electrons. The highest BCUT2D eigenvalue weighted by atomic mass is 35.5. The molecule has 0 saturated heterocycles. The largest absolute Gasteiger partial charge is 0.389 e. The Morgan fingerprint density at radius 1 is 1.29 bits per heavy atom. The van der Waals surface area contributed by atoms with Crippen LogP contribution in [-0.2, 0) is 10.0 Å². The minimum Gasteiger partial charge on any atom is -0.389 e. The SMILES string of the molecule is CC(NS(=O)(=O)c1ccc(C(N)=S)cc1)c1ccc(Cl)s1. The third-order valence-corrected chi connectivity index (χ3v) is 6.01. The highest BCUT2D eigenvalue weighted by molar-refractivity contribution is 7.89. The standard InChI is InChI=1S/C13H13ClN2O2S3/c1-8(11-6-7-12(14)20-11)16-21(17,18)10-4-2-9(3-5-10)13(15)19/h2-8,16H,1H3,(H2,15,19). The summed E-state index contributed by atoms with van der Waals surface area (Å²) in [5, 5.41) is 0. The maximum atomic E-state index is 12.3. The molecule has 3 N–H and O–H groups in total. The van der Waals surface area contributed by atoms with E-state index in [0.717, 1.165) is 4.88 Å². The number of thiocarbonyl (C=S) groups is 1. The number of rotatable bonds is 5. The lowest BCUT2D eigenvalue weighted by Crippen LogP contribution is -2.26. The molecule has 1 heterocycles. The Kier molecular flexibility index (Phi) is 5.00. The predicted octanol–water partition coefficient (Wildman–Crippen LogP) is 3.08. The quantitative estimate of drug-likeness (QED) is 0.804. The third-order valence-electron chi connectivity index (χ3n) is 2.80. The van der Waals surface area contributed by atoms with Gasteiger partial charge in [-0.15, -0.1) is 11.3 Å². The lowest BCUT2D eigenvalue weighted by molar-refractivity contribution is 0.568. The van der Waals surface area contributed by atoms with Gasteiger partial charge in [0.2, 0.25) is 10.0 Å². The lowest BCUT2D eigenvalue weighted by Gasteiger charge is -2.13. The van der Waals surface area contributed by atoms with Crippen LogP contribution in [0.5, 0.6) is 0 Å². The molecule has 0 spiro atoms. The minimum absolute atomic E-state index is 0.164. The lowest BCUT2D eigenvalue weighted by atomic mass is 10.2. The van der Waals surface area contributed by atoms with Crippen LogP contribution in [0.25, 0.3) is 0 Å². The summed E-state index contributed by atoms with van der Waals surface area (Å²) in [6.07, 6.45) is 0. The van der Waals surface area contributed by atoms with Crippen molar-refractivity contribution >= 4 is 50.2 Å². The zero-order valence-electron chi connectivity index (χ0n) is 11.0. The van der Waals surface area contributed by atoms with Gasteiger partial charge in [-0.3, -0.25) is 0 Å². The van der Waals surface area contributed by atoms with Crippen LogP contribution in [-0.4, -0.2) is 13.4 Å². The van der Waals surface area contributed by atoms with Crippen molar-refractivity contribution in [3.63, 3.8) is 0 Å². The maximum absolute atomic E-state index is 12.3. The molecule has 0 aliphatic rings. The van der Waals surface area contributed by atoms with Crippen molar-refractivity contribution in [1.29, 1.82) is 0 Å². The zero-order chi connectivity index (χ0) is 15.6. The molecule has 0 aliphatic carbocycles. The Hall–Kier alpha value is -0.990. The van der Waals surface area contributed by atoms with E-state index in [1.807, 2.05) is 0 Å². The third kappa shape index (κ3) is 4.02. The van der Waals surface area contributed by atoms with Crippen LogP contribution in [0, 0.1) is 0 Å². The first kappa shape index (κ1) is 16.4. The van der Waals surface area contributed by atoms with E-state index in [1.54, 1.807) is 31.2 Å². The van der Waals surface area contributed by atoms with Gasteiger partial charge in [0.15, 0.2) is 0 Å². The zero-order valence-corrected chi connectivity index (χ0v) is 14.2. The number of thiophene rings is 1. The Balaban J connectivity index is 2.19. The molecule has 1 atom stereocenters. The van der Waals surface area contributed by atoms with Crippen molar-refractivity contribution in [2.24, 2.45) is 5.73 Å². The van der Waals surface area contributed by atoms with Gasteiger partial charge in [-0.25, -0.2) is 13.1 Å². The van der Waals surface area contributed by atoms with Gasteiger partial charge in [0, 0.05) is 10.4 Å². The molecule has 21 heavy (non-hydrogen) atoms. The van der Waals surface area contributed by atoms with Gasteiger partial charge in [-0.05, 0) is 31.2 Å².